The molecule has 11 heteroatoms. The molecule has 2 fully saturated rings. The molecule has 0 unspecified atom stereocenters. The van der Waals surface area contributed by atoms with E-state index in [1.165, 1.54) is 18.3 Å². The molecule has 1 aromatic rings. The maximum atomic E-state index is 13.7. The molecule has 3 aliphatic heterocycles. The van der Waals surface area contributed by atoms with Gasteiger partial charge in [-0.15, -0.1) is 0 Å². The summed E-state index contributed by atoms with van der Waals surface area (Å²) >= 11 is 0. The highest BCUT2D eigenvalue weighted by Crippen LogP contribution is 2.33. The minimum absolute atomic E-state index is 0.0387. The van der Waals surface area contributed by atoms with Crippen LogP contribution in [-0.2, 0) is 4.74 Å². The summed E-state index contributed by atoms with van der Waals surface area (Å²) < 4.78 is 5.49. The van der Waals surface area contributed by atoms with Crippen molar-refractivity contribution in [3.8, 4) is 6.07 Å². The van der Waals surface area contributed by atoms with Gasteiger partial charge in [0.15, 0.2) is 0 Å². The topological polar surface area (TPSA) is 152 Å². The van der Waals surface area contributed by atoms with Crippen molar-refractivity contribution in [2.24, 2.45) is 5.73 Å². The minimum atomic E-state index is -0.812. The van der Waals surface area contributed by atoms with Gasteiger partial charge >= 0.3 is 6.03 Å². The highest BCUT2D eigenvalue weighted by molar-refractivity contribution is 6.11. The fourth-order valence-electron chi connectivity index (χ4n) is 5.13. The Morgan fingerprint density at radius 1 is 1.28 bits per heavy atom. The molecule has 0 aliphatic carbocycles. The van der Waals surface area contributed by atoms with Crippen molar-refractivity contribution in [3.63, 3.8) is 0 Å². The molecule has 4 heterocycles. The number of nitrogens with one attached hydrogen (secondary N) is 2. The number of aromatic nitrogens is 1. The molecule has 3 amide bonds. The number of nitriles is 1. The van der Waals surface area contributed by atoms with Crippen molar-refractivity contribution in [1.82, 2.24) is 25.0 Å². The first-order valence-corrected chi connectivity index (χ1v) is 12.3. The van der Waals surface area contributed by atoms with Crippen LogP contribution in [0.1, 0.15) is 49.7 Å². The molecule has 4 rings (SSSR count). The number of nitrogens with zero attached hydrogens (tertiary/aromatic N) is 5. The Morgan fingerprint density at radius 3 is 2.61 bits per heavy atom. The molecule has 192 valence electrons. The number of hydrogen-bond donors (Lipinski definition) is 3. The molecule has 0 spiro atoms. The quantitative estimate of drug-likeness (QED) is 0.423. The summed E-state index contributed by atoms with van der Waals surface area (Å²) in [6.07, 6.45) is 3.35. The molecule has 11 nitrogen and oxygen atoms in total. The van der Waals surface area contributed by atoms with Crippen LogP contribution in [0, 0.1) is 16.7 Å². The smallest absolute Gasteiger partial charge is 0.321 e. The Morgan fingerprint density at radius 2 is 2.00 bits per heavy atom. The lowest BCUT2D eigenvalue weighted by Gasteiger charge is -2.46. The Labute approximate surface area is 211 Å². The zero-order valence-corrected chi connectivity index (χ0v) is 21.1. The van der Waals surface area contributed by atoms with Crippen LogP contribution < -0.4 is 11.1 Å². The van der Waals surface area contributed by atoms with Crippen molar-refractivity contribution in [1.29, 1.82) is 10.7 Å². The second-order valence-electron chi connectivity index (χ2n) is 10.1. The monoisotopic (exact) mass is 494 g/mol. The lowest BCUT2D eigenvalue weighted by atomic mass is 10.00. The number of pyridine rings is 1. The Bertz CT molecular complexity index is 1100. The van der Waals surface area contributed by atoms with Gasteiger partial charge in [0.05, 0.1) is 17.6 Å². The van der Waals surface area contributed by atoms with E-state index in [2.05, 4.69) is 22.1 Å². The van der Waals surface area contributed by atoms with Gasteiger partial charge in [0.2, 0.25) is 0 Å². The van der Waals surface area contributed by atoms with E-state index < -0.39 is 11.4 Å². The molecular weight excluding hydrogens is 460 g/mol. The van der Waals surface area contributed by atoms with Crippen molar-refractivity contribution in [3.05, 3.63) is 40.9 Å². The molecule has 3 aliphatic rings. The predicted octanol–water partition coefficient (Wildman–Crippen LogP) is 1.27. The van der Waals surface area contributed by atoms with Gasteiger partial charge in [-0.05, 0) is 45.7 Å². The Kier molecular flexibility index (Phi) is 7.28. The first-order chi connectivity index (χ1) is 17.1. The maximum absolute atomic E-state index is 13.7. The van der Waals surface area contributed by atoms with Gasteiger partial charge in [0.1, 0.15) is 17.6 Å². The van der Waals surface area contributed by atoms with Crippen LogP contribution >= 0.6 is 0 Å². The van der Waals surface area contributed by atoms with Crippen molar-refractivity contribution < 1.29 is 14.3 Å². The van der Waals surface area contributed by atoms with Crippen LogP contribution in [-0.4, -0.2) is 94.5 Å². The number of carbonyl (C=O) groups excluding carboxylic acids is 2. The number of piperazine rings is 1. The third-order valence-electron chi connectivity index (χ3n) is 7.48. The number of amides is 3. The second-order valence-corrected chi connectivity index (χ2v) is 10.1. The number of ether oxygens (including phenoxy) is 1. The number of urea groups is 1. The number of rotatable bonds is 3. The molecule has 36 heavy (non-hydrogen) atoms. The van der Waals surface area contributed by atoms with Gasteiger partial charge in [0.25, 0.3) is 5.91 Å². The van der Waals surface area contributed by atoms with E-state index in [1.54, 1.807) is 4.90 Å². The summed E-state index contributed by atoms with van der Waals surface area (Å²) in [5.41, 5.74) is 6.82. The van der Waals surface area contributed by atoms with Gasteiger partial charge in [-0.2, -0.15) is 5.26 Å². The molecule has 0 bridgehead atoms. The zero-order valence-electron chi connectivity index (χ0n) is 21.1. The van der Waals surface area contributed by atoms with Crippen molar-refractivity contribution in [2.75, 3.05) is 39.4 Å². The number of amidine groups is 1. The Balaban J connectivity index is 1.41. The van der Waals surface area contributed by atoms with E-state index in [4.69, 9.17) is 21.1 Å². The molecule has 1 atom stereocenters. The average Bonchev–Trinajstić information content (AvgIpc) is 3.12. The van der Waals surface area contributed by atoms with E-state index in [0.717, 1.165) is 39.1 Å². The van der Waals surface area contributed by atoms with Gasteiger partial charge in [-0.3, -0.25) is 15.1 Å². The largest absolute Gasteiger partial charge is 0.400 e. The first kappa shape index (κ1) is 25.6. The summed E-state index contributed by atoms with van der Waals surface area (Å²) in [6, 6.07) is 5.28. The maximum Gasteiger partial charge on any atom is 0.321 e. The van der Waals surface area contributed by atoms with E-state index in [-0.39, 0.29) is 30.1 Å². The van der Waals surface area contributed by atoms with Gasteiger partial charge in [-0.25, -0.2) is 9.78 Å². The average molecular weight is 495 g/mol. The van der Waals surface area contributed by atoms with Crippen LogP contribution in [0.4, 0.5) is 4.79 Å². The van der Waals surface area contributed by atoms with Crippen LogP contribution in [0.5, 0.6) is 0 Å². The lowest BCUT2D eigenvalue weighted by molar-refractivity contribution is 0.00199. The normalized spacial score (nSPS) is 22.9. The number of carbonyl (C=O) groups is 2. The third-order valence-corrected chi connectivity index (χ3v) is 7.48. The fraction of sp³-hybridized carbons (Fsp3) is 0.560. The van der Waals surface area contributed by atoms with Crippen LogP contribution in [0.3, 0.4) is 0 Å². The minimum Gasteiger partial charge on any atom is -0.400 e. The summed E-state index contributed by atoms with van der Waals surface area (Å²) in [5.74, 6) is -0.741. The van der Waals surface area contributed by atoms with E-state index in [0.29, 0.717) is 29.4 Å². The number of nitrogens with two attached hydrogens (primary N) is 1. The van der Waals surface area contributed by atoms with E-state index >= 15 is 0 Å². The summed E-state index contributed by atoms with van der Waals surface area (Å²) in [6.45, 7) is 9.73. The van der Waals surface area contributed by atoms with Crippen LogP contribution in [0.25, 0.3) is 0 Å². The molecule has 0 radical (unpaired) electrons. The molecular formula is C25H34N8O3. The number of hydrogen-bond acceptors (Lipinski definition) is 8. The molecule has 2 saturated heterocycles. The summed E-state index contributed by atoms with van der Waals surface area (Å²) in [7, 11) is 0. The SMILES string of the molecule is C[C@H]1CN(C2CCOCC2)CCN1C(=O)N1CC(C(=N)NC(=O)c2ccc(C#N)cn2)=C(N)C1(C)C. The second kappa shape index (κ2) is 10.2. The highest BCUT2D eigenvalue weighted by Gasteiger charge is 2.45. The summed E-state index contributed by atoms with van der Waals surface area (Å²) in [5, 5.41) is 19.9. The van der Waals surface area contributed by atoms with E-state index in [9.17, 15) is 9.59 Å². The molecule has 0 saturated carbocycles. The molecule has 1 aromatic heterocycles. The van der Waals surface area contributed by atoms with E-state index in [1.807, 2.05) is 24.8 Å². The lowest BCUT2D eigenvalue weighted by Crippen LogP contribution is -2.61. The predicted molar refractivity (Wildman–Crippen MR) is 133 cm³/mol. The highest BCUT2D eigenvalue weighted by atomic mass is 16.5. The molecule has 0 aromatic carbocycles. The van der Waals surface area contributed by atoms with Gasteiger partial charge in [0, 0.05) is 62.4 Å². The summed E-state index contributed by atoms with van der Waals surface area (Å²) in [4.78, 5) is 36.2. The van der Waals surface area contributed by atoms with Crippen LogP contribution in [0.2, 0.25) is 0 Å². The Hall–Kier alpha value is -3.49. The molecule has 4 N–H and O–H groups in total. The van der Waals surface area contributed by atoms with Crippen molar-refractivity contribution >= 4 is 17.8 Å². The van der Waals surface area contributed by atoms with Gasteiger partial charge < -0.3 is 25.6 Å². The van der Waals surface area contributed by atoms with Crippen LogP contribution in [0.15, 0.2) is 29.6 Å². The zero-order chi connectivity index (χ0) is 26.0. The van der Waals surface area contributed by atoms with Crippen molar-refractivity contribution in [2.45, 2.75) is 51.2 Å². The third kappa shape index (κ3) is 4.92. The standard InChI is InChI=1S/C25H34N8O3/c1-16-14-31(18-6-10-36-11-7-18)8-9-32(16)24(35)33-15-19(21(27)25(33,2)3)22(28)30-23(34)20-5-4-17(12-26)13-29-20/h4-5,13,16,18H,6-11,14-15,27H2,1-3H3,(H2,28,30,34)/t16-/m0/s1. The fourth-order valence-corrected chi connectivity index (χ4v) is 5.13. The van der Waals surface area contributed by atoms with Gasteiger partial charge in [-0.1, -0.05) is 0 Å². The first-order valence-electron chi connectivity index (χ1n) is 12.3.